The van der Waals surface area contributed by atoms with E-state index >= 15 is 0 Å². The van der Waals surface area contributed by atoms with E-state index in [4.69, 9.17) is 4.74 Å². The summed E-state index contributed by atoms with van der Waals surface area (Å²) in [6.45, 7) is 4.85. The van der Waals surface area contributed by atoms with E-state index in [0.29, 0.717) is 24.5 Å². The van der Waals surface area contributed by atoms with Crippen molar-refractivity contribution in [2.75, 3.05) is 18.0 Å². The molecule has 0 unspecified atom stereocenters. The number of carbonyl (C=O) groups excluding carboxylic acids is 1. The van der Waals surface area contributed by atoms with E-state index in [1.54, 1.807) is 6.07 Å². The third-order valence-corrected chi connectivity index (χ3v) is 4.12. The van der Waals surface area contributed by atoms with Crippen LogP contribution in [-0.4, -0.2) is 29.5 Å². The average Bonchev–Trinajstić information content (AvgIpc) is 2.59. The molecule has 0 saturated heterocycles. The maximum atomic E-state index is 12.4. The Labute approximate surface area is 151 Å². The minimum atomic E-state index is -0.497. The zero-order chi connectivity index (χ0) is 18.7. The molecule has 7 nitrogen and oxygen atoms in total. The molecule has 0 saturated carbocycles. The van der Waals surface area contributed by atoms with Gasteiger partial charge in [-0.3, -0.25) is 14.9 Å². The van der Waals surface area contributed by atoms with Crippen molar-refractivity contribution in [2.24, 2.45) is 0 Å². The summed E-state index contributed by atoms with van der Waals surface area (Å²) in [4.78, 5) is 24.8. The molecule has 1 heterocycles. The van der Waals surface area contributed by atoms with E-state index in [1.165, 1.54) is 12.1 Å². The number of nitro benzene ring substituents is 1. The fourth-order valence-corrected chi connectivity index (χ4v) is 2.99. The first-order chi connectivity index (χ1) is 12.3. The number of carbonyl (C=O) groups is 1. The van der Waals surface area contributed by atoms with Gasteiger partial charge in [-0.15, -0.1) is 0 Å². The fourth-order valence-electron chi connectivity index (χ4n) is 2.99. The Hall–Kier alpha value is -3.09. The molecule has 0 bridgehead atoms. The van der Waals surface area contributed by atoms with Crippen molar-refractivity contribution < 1.29 is 14.5 Å². The maximum absolute atomic E-state index is 12.4. The lowest BCUT2D eigenvalue weighted by Gasteiger charge is -2.40. The van der Waals surface area contributed by atoms with Crippen molar-refractivity contribution >= 4 is 17.3 Å². The molecule has 26 heavy (non-hydrogen) atoms. The van der Waals surface area contributed by atoms with E-state index < -0.39 is 10.5 Å². The van der Waals surface area contributed by atoms with Crippen molar-refractivity contribution in [1.82, 2.24) is 5.32 Å². The Kier molecular flexibility index (Phi) is 4.79. The van der Waals surface area contributed by atoms with Gasteiger partial charge in [0.1, 0.15) is 11.4 Å². The van der Waals surface area contributed by atoms with Gasteiger partial charge in [-0.2, -0.15) is 0 Å². The smallest absolute Gasteiger partial charge is 0.271 e. The predicted octanol–water partition coefficient (Wildman–Crippen LogP) is 2.89. The van der Waals surface area contributed by atoms with Crippen molar-refractivity contribution in [2.45, 2.75) is 26.0 Å². The molecule has 0 radical (unpaired) electrons. The molecule has 1 aliphatic heterocycles. The number of fused-ring (bicyclic) bond motifs is 1. The van der Waals surface area contributed by atoms with Crippen LogP contribution in [0.3, 0.4) is 0 Å². The Morgan fingerprint density at radius 1 is 1.27 bits per heavy atom. The van der Waals surface area contributed by atoms with Gasteiger partial charge in [0.2, 0.25) is 5.91 Å². The van der Waals surface area contributed by atoms with Gasteiger partial charge in [-0.05, 0) is 25.5 Å². The van der Waals surface area contributed by atoms with Crippen molar-refractivity contribution in [3.63, 3.8) is 0 Å². The van der Waals surface area contributed by atoms with Gasteiger partial charge in [-0.25, -0.2) is 0 Å². The zero-order valence-electron chi connectivity index (χ0n) is 14.8. The highest BCUT2D eigenvalue weighted by Crippen LogP contribution is 2.39. The molecule has 2 aromatic rings. The zero-order valence-corrected chi connectivity index (χ0v) is 14.8. The molecular formula is C19H21N3O4. The summed E-state index contributed by atoms with van der Waals surface area (Å²) in [5.41, 5.74) is 1.05. The van der Waals surface area contributed by atoms with E-state index in [0.717, 1.165) is 5.56 Å². The molecule has 1 aliphatic rings. The van der Waals surface area contributed by atoms with Crippen LogP contribution in [0.2, 0.25) is 0 Å². The molecule has 2 aromatic carbocycles. The molecule has 3 rings (SSSR count). The van der Waals surface area contributed by atoms with E-state index in [-0.39, 0.29) is 18.1 Å². The topological polar surface area (TPSA) is 84.7 Å². The number of anilines is 1. The monoisotopic (exact) mass is 355 g/mol. The van der Waals surface area contributed by atoms with Crippen LogP contribution >= 0.6 is 0 Å². The molecule has 7 heteroatoms. The highest BCUT2D eigenvalue weighted by atomic mass is 16.6. The van der Waals surface area contributed by atoms with Gasteiger partial charge in [0.15, 0.2) is 0 Å². The Balaban J connectivity index is 1.75. The molecule has 0 fully saturated rings. The van der Waals surface area contributed by atoms with Crippen LogP contribution in [0.4, 0.5) is 11.4 Å². The number of benzene rings is 2. The molecular weight excluding hydrogens is 334 g/mol. The van der Waals surface area contributed by atoms with Crippen LogP contribution in [0.25, 0.3) is 0 Å². The highest BCUT2D eigenvalue weighted by Gasteiger charge is 2.33. The maximum Gasteiger partial charge on any atom is 0.271 e. The molecule has 1 N–H and O–H groups in total. The SMILES string of the molecule is CC1(C)CN(CC(=O)NCc2ccccc2)c2cc([N+](=O)[O-])ccc2O1. The Morgan fingerprint density at radius 2 is 2.00 bits per heavy atom. The minimum Gasteiger partial charge on any atom is -0.484 e. The standard InChI is InChI=1S/C19H21N3O4/c1-19(2)13-21(12-18(23)20-11-14-6-4-3-5-7-14)16-10-15(22(24)25)8-9-17(16)26-19/h3-10H,11-13H2,1-2H3,(H,20,23). The third-order valence-electron chi connectivity index (χ3n) is 4.12. The number of amides is 1. The number of nitro groups is 1. The van der Waals surface area contributed by atoms with E-state index in [2.05, 4.69) is 5.32 Å². The molecule has 0 aromatic heterocycles. The van der Waals surface area contributed by atoms with Gasteiger partial charge in [0, 0.05) is 18.7 Å². The second kappa shape index (κ2) is 7.03. The van der Waals surface area contributed by atoms with Gasteiger partial charge in [0.05, 0.1) is 23.7 Å². The van der Waals surface area contributed by atoms with Crippen LogP contribution in [0.1, 0.15) is 19.4 Å². The second-order valence-corrected chi connectivity index (χ2v) is 6.89. The minimum absolute atomic E-state index is 0.0262. The second-order valence-electron chi connectivity index (χ2n) is 6.89. The van der Waals surface area contributed by atoms with Crippen LogP contribution in [0, 0.1) is 10.1 Å². The molecule has 0 atom stereocenters. The normalized spacial score (nSPS) is 14.9. The van der Waals surface area contributed by atoms with Crippen LogP contribution in [-0.2, 0) is 11.3 Å². The van der Waals surface area contributed by atoms with Gasteiger partial charge < -0.3 is 15.0 Å². The third kappa shape index (κ3) is 4.11. The largest absolute Gasteiger partial charge is 0.484 e. The number of hydrogen-bond donors (Lipinski definition) is 1. The Morgan fingerprint density at radius 3 is 2.69 bits per heavy atom. The average molecular weight is 355 g/mol. The lowest BCUT2D eigenvalue weighted by atomic mass is 10.0. The lowest BCUT2D eigenvalue weighted by molar-refractivity contribution is -0.384. The van der Waals surface area contributed by atoms with Crippen LogP contribution in [0.15, 0.2) is 48.5 Å². The number of nitrogens with zero attached hydrogens (tertiary/aromatic N) is 2. The summed E-state index contributed by atoms with van der Waals surface area (Å²) in [5, 5.41) is 14.0. The predicted molar refractivity (Wildman–Crippen MR) is 98.3 cm³/mol. The van der Waals surface area contributed by atoms with Crippen molar-refractivity contribution in [3.8, 4) is 5.75 Å². The van der Waals surface area contributed by atoms with Gasteiger partial charge in [0.25, 0.3) is 5.69 Å². The number of ether oxygens (including phenoxy) is 1. The number of non-ortho nitro benzene ring substituents is 1. The first kappa shape index (κ1) is 17.7. The van der Waals surface area contributed by atoms with E-state index in [9.17, 15) is 14.9 Å². The number of rotatable bonds is 5. The summed E-state index contributed by atoms with van der Waals surface area (Å²) in [7, 11) is 0. The summed E-state index contributed by atoms with van der Waals surface area (Å²) < 4.78 is 5.90. The molecule has 0 spiro atoms. The van der Waals surface area contributed by atoms with Gasteiger partial charge >= 0.3 is 0 Å². The summed E-state index contributed by atoms with van der Waals surface area (Å²) >= 11 is 0. The highest BCUT2D eigenvalue weighted by molar-refractivity contribution is 5.82. The first-order valence-electron chi connectivity index (χ1n) is 8.37. The van der Waals surface area contributed by atoms with E-state index in [1.807, 2.05) is 49.1 Å². The van der Waals surface area contributed by atoms with Crippen LogP contribution in [0.5, 0.6) is 5.75 Å². The molecule has 136 valence electrons. The van der Waals surface area contributed by atoms with Crippen molar-refractivity contribution in [3.05, 3.63) is 64.2 Å². The summed E-state index contributed by atoms with van der Waals surface area (Å²) in [6.07, 6.45) is 0. The number of nitrogens with one attached hydrogen (secondary N) is 1. The van der Waals surface area contributed by atoms with Crippen LogP contribution < -0.4 is 15.0 Å². The quantitative estimate of drug-likeness (QED) is 0.658. The first-order valence-corrected chi connectivity index (χ1v) is 8.37. The molecule has 0 aliphatic carbocycles. The lowest BCUT2D eigenvalue weighted by Crippen LogP contribution is -2.50. The molecule has 1 amide bonds. The fraction of sp³-hybridized carbons (Fsp3) is 0.316. The van der Waals surface area contributed by atoms with Crippen molar-refractivity contribution in [1.29, 1.82) is 0 Å². The van der Waals surface area contributed by atoms with Gasteiger partial charge in [-0.1, -0.05) is 30.3 Å². The Bertz CT molecular complexity index is 821. The summed E-state index contributed by atoms with van der Waals surface area (Å²) in [5.74, 6) is 0.395. The number of hydrogen-bond acceptors (Lipinski definition) is 5. The summed E-state index contributed by atoms with van der Waals surface area (Å²) in [6, 6.07) is 14.1.